The number of rotatable bonds is 6. The quantitative estimate of drug-likeness (QED) is 0.600. The molecule has 0 saturated heterocycles. The molecular formula is C11H23ClO. The van der Waals surface area contributed by atoms with Gasteiger partial charge in [-0.25, -0.2) is 0 Å². The molecule has 0 fully saturated rings. The first-order valence-electron chi connectivity index (χ1n) is 5.12. The number of hydrogen-bond acceptors (Lipinski definition) is 1. The summed E-state index contributed by atoms with van der Waals surface area (Å²) in [6.07, 6.45) is 3.39. The van der Waals surface area contributed by atoms with Crippen molar-refractivity contribution in [1.82, 2.24) is 0 Å². The lowest BCUT2D eigenvalue weighted by Crippen LogP contribution is -2.24. The summed E-state index contributed by atoms with van der Waals surface area (Å²) in [5.74, 6) is 0.621. The molecule has 2 atom stereocenters. The van der Waals surface area contributed by atoms with Crippen LogP contribution in [0.25, 0.3) is 0 Å². The molecule has 0 bridgehead atoms. The van der Waals surface area contributed by atoms with Gasteiger partial charge in [0.2, 0.25) is 0 Å². The van der Waals surface area contributed by atoms with Gasteiger partial charge in [-0.05, 0) is 39.5 Å². The predicted molar refractivity (Wildman–Crippen MR) is 59.4 cm³/mol. The molecule has 0 radical (unpaired) electrons. The van der Waals surface area contributed by atoms with E-state index in [4.69, 9.17) is 16.3 Å². The summed E-state index contributed by atoms with van der Waals surface area (Å²) in [6.45, 7) is 8.52. The topological polar surface area (TPSA) is 9.23 Å². The van der Waals surface area contributed by atoms with Crippen molar-refractivity contribution in [3.8, 4) is 0 Å². The van der Waals surface area contributed by atoms with Crippen LogP contribution in [0.15, 0.2) is 0 Å². The third kappa shape index (κ3) is 5.53. The van der Waals surface area contributed by atoms with E-state index in [0.717, 1.165) is 19.3 Å². The van der Waals surface area contributed by atoms with Crippen molar-refractivity contribution in [3.63, 3.8) is 0 Å². The summed E-state index contributed by atoms with van der Waals surface area (Å²) in [6, 6.07) is 0. The molecule has 0 aliphatic heterocycles. The van der Waals surface area contributed by atoms with Gasteiger partial charge in [0, 0.05) is 12.5 Å². The Bertz CT molecular complexity index is 132. The van der Waals surface area contributed by atoms with Crippen molar-refractivity contribution in [2.75, 3.05) is 7.11 Å². The van der Waals surface area contributed by atoms with Gasteiger partial charge in [-0.1, -0.05) is 13.3 Å². The molecule has 0 saturated carbocycles. The Kier molecular flexibility index (Phi) is 5.98. The van der Waals surface area contributed by atoms with Gasteiger partial charge in [0.15, 0.2) is 0 Å². The maximum atomic E-state index is 6.08. The van der Waals surface area contributed by atoms with Gasteiger partial charge in [-0.3, -0.25) is 0 Å². The van der Waals surface area contributed by atoms with Crippen LogP contribution in [0.2, 0.25) is 0 Å². The first-order chi connectivity index (χ1) is 5.93. The van der Waals surface area contributed by atoms with Crippen LogP contribution in [0.4, 0.5) is 0 Å². The van der Waals surface area contributed by atoms with Crippen molar-refractivity contribution in [3.05, 3.63) is 0 Å². The molecule has 0 amide bonds. The van der Waals surface area contributed by atoms with Gasteiger partial charge in [-0.2, -0.15) is 0 Å². The molecule has 0 rings (SSSR count). The molecule has 0 aromatic rings. The second kappa shape index (κ2) is 5.87. The summed E-state index contributed by atoms with van der Waals surface area (Å²) in [5.41, 5.74) is -0.000795. The third-order valence-corrected chi connectivity index (χ3v) is 3.20. The van der Waals surface area contributed by atoms with Gasteiger partial charge >= 0.3 is 0 Å². The molecule has 2 heteroatoms. The highest BCUT2D eigenvalue weighted by atomic mass is 35.5. The number of methoxy groups -OCH3 is 1. The highest BCUT2D eigenvalue weighted by Crippen LogP contribution is 2.25. The van der Waals surface area contributed by atoms with E-state index in [1.807, 2.05) is 0 Å². The van der Waals surface area contributed by atoms with E-state index in [1.54, 1.807) is 7.11 Å². The SMILES string of the molecule is CCC(CCC(C)(C)OC)C(C)Cl. The van der Waals surface area contributed by atoms with Crippen molar-refractivity contribution in [1.29, 1.82) is 0 Å². The van der Waals surface area contributed by atoms with E-state index < -0.39 is 0 Å². The summed E-state index contributed by atoms with van der Waals surface area (Å²) >= 11 is 6.08. The second-order valence-electron chi connectivity index (χ2n) is 4.35. The molecule has 0 aliphatic carbocycles. The van der Waals surface area contributed by atoms with E-state index in [0.29, 0.717) is 5.92 Å². The van der Waals surface area contributed by atoms with Crippen LogP contribution in [-0.2, 0) is 4.74 Å². The molecule has 0 N–H and O–H groups in total. The number of alkyl halides is 1. The van der Waals surface area contributed by atoms with Gasteiger partial charge in [-0.15, -0.1) is 11.6 Å². The Hall–Kier alpha value is 0.250. The Morgan fingerprint density at radius 1 is 1.38 bits per heavy atom. The lowest BCUT2D eigenvalue weighted by molar-refractivity contribution is 0.0102. The monoisotopic (exact) mass is 206 g/mol. The molecular weight excluding hydrogens is 184 g/mol. The van der Waals surface area contributed by atoms with E-state index in [2.05, 4.69) is 27.7 Å². The van der Waals surface area contributed by atoms with Crippen LogP contribution in [0.3, 0.4) is 0 Å². The minimum absolute atomic E-state index is 0.000795. The molecule has 0 aromatic carbocycles. The van der Waals surface area contributed by atoms with Gasteiger partial charge in [0.05, 0.1) is 5.60 Å². The van der Waals surface area contributed by atoms with Crippen molar-refractivity contribution in [2.45, 2.75) is 57.9 Å². The molecule has 80 valence electrons. The standard InChI is InChI=1S/C11H23ClO/c1-6-10(9(2)12)7-8-11(3,4)13-5/h9-10H,6-8H2,1-5H3. The fraction of sp³-hybridized carbons (Fsp3) is 1.00. The second-order valence-corrected chi connectivity index (χ2v) is 5.04. The highest BCUT2D eigenvalue weighted by molar-refractivity contribution is 6.20. The van der Waals surface area contributed by atoms with Crippen LogP contribution in [0, 0.1) is 5.92 Å². The largest absolute Gasteiger partial charge is 0.379 e. The Morgan fingerprint density at radius 3 is 2.23 bits per heavy atom. The zero-order valence-corrected chi connectivity index (χ0v) is 10.3. The minimum Gasteiger partial charge on any atom is -0.379 e. The van der Waals surface area contributed by atoms with Gasteiger partial charge in [0.25, 0.3) is 0 Å². The molecule has 1 nitrogen and oxygen atoms in total. The average Bonchev–Trinajstić information content (AvgIpc) is 2.05. The van der Waals surface area contributed by atoms with Crippen LogP contribution in [0.1, 0.15) is 47.0 Å². The van der Waals surface area contributed by atoms with Gasteiger partial charge in [0.1, 0.15) is 0 Å². The van der Waals surface area contributed by atoms with Crippen molar-refractivity contribution >= 4 is 11.6 Å². The average molecular weight is 207 g/mol. The van der Waals surface area contributed by atoms with E-state index in [-0.39, 0.29) is 11.0 Å². The fourth-order valence-electron chi connectivity index (χ4n) is 1.39. The summed E-state index contributed by atoms with van der Waals surface area (Å²) < 4.78 is 5.37. The maximum Gasteiger partial charge on any atom is 0.0622 e. The molecule has 2 unspecified atom stereocenters. The van der Waals surface area contributed by atoms with E-state index >= 15 is 0 Å². The first-order valence-corrected chi connectivity index (χ1v) is 5.55. The minimum atomic E-state index is -0.000795. The highest BCUT2D eigenvalue weighted by Gasteiger charge is 2.20. The Morgan fingerprint density at radius 2 is 1.92 bits per heavy atom. The summed E-state index contributed by atoms with van der Waals surface area (Å²) in [5, 5.41) is 0.276. The van der Waals surface area contributed by atoms with Crippen LogP contribution in [0.5, 0.6) is 0 Å². The smallest absolute Gasteiger partial charge is 0.0622 e. The lowest BCUT2D eigenvalue weighted by atomic mass is 9.91. The maximum absolute atomic E-state index is 6.08. The number of ether oxygens (including phenoxy) is 1. The zero-order valence-electron chi connectivity index (χ0n) is 9.56. The van der Waals surface area contributed by atoms with E-state index in [1.165, 1.54) is 0 Å². The Labute approximate surface area is 87.8 Å². The van der Waals surface area contributed by atoms with Crippen molar-refractivity contribution in [2.24, 2.45) is 5.92 Å². The summed E-state index contributed by atoms with van der Waals surface area (Å²) in [7, 11) is 1.77. The van der Waals surface area contributed by atoms with E-state index in [9.17, 15) is 0 Å². The molecule has 0 heterocycles. The number of hydrogen-bond donors (Lipinski definition) is 0. The van der Waals surface area contributed by atoms with Crippen LogP contribution in [-0.4, -0.2) is 18.1 Å². The first kappa shape index (κ1) is 13.2. The van der Waals surface area contributed by atoms with Gasteiger partial charge < -0.3 is 4.74 Å². The predicted octanol–water partition coefficient (Wildman–Crippen LogP) is 3.85. The zero-order chi connectivity index (χ0) is 10.5. The molecule has 0 spiro atoms. The van der Waals surface area contributed by atoms with Crippen LogP contribution < -0.4 is 0 Å². The fourth-order valence-corrected chi connectivity index (χ4v) is 1.70. The van der Waals surface area contributed by atoms with Crippen molar-refractivity contribution < 1.29 is 4.74 Å². The molecule has 13 heavy (non-hydrogen) atoms. The molecule has 0 aromatic heterocycles. The lowest BCUT2D eigenvalue weighted by Gasteiger charge is -2.26. The summed E-state index contributed by atoms with van der Waals surface area (Å²) in [4.78, 5) is 0. The van der Waals surface area contributed by atoms with Crippen LogP contribution >= 0.6 is 11.6 Å². The molecule has 0 aliphatic rings. The third-order valence-electron chi connectivity index (χ3n) is 2.84. The number of halogens is 1. The Balaban J connectivity index is 3.85. The normalized spacial score (nSPS) is 17.1.